The van der Waals surface area contributed by atoms with Crippen LogP contribution in [0.25, 0.3) is 12.2 Å². The highest BCUT2D eigenvalue weighted by Crippen LogP contribution is 2.31. The number of para-hydroxylation sites is 1. The van der Waals surface area contributed by atoms with Gasteiger partial charge < -0.3 is 14.2 Å². The Hall–Kier alpha value is -4.24. The van der Waals surface area contributed by atoms with Crippen molar-refractivity contribution in [3.63, 3.8) is 0 Å². The van der Waals surface area contributed by atoms with Crippen LogP contribution >= 0.6 is 11.3 Å². The Morgan fingerprint density at radius 1 is 1.08 bits per heavy atom. The lowest BCUT2D eigenvalue weighted by atomic mass is 9.95. The first-order valence-electron chi connectivity index (χ1n) is 11.6. The van der Waals surface area contributed by atoms with E-state index in [9.17, 15) is 14.4 Å². The second-order valence-electron chi connectivity index (χ2n) is 8.04. The van der Waals surface area contributed by atoms with Crippen molar-refractivity contribution in [3.05, 3.63) is 102 Å². The molecule has 8 nitrogen and oxygen atoms in total. The third-order valence-electron chi connectivity index (χ3n) is 5.83. The van der Waals surface area contributed by atoms with Gasteiger partial charge in [-0.25, -0.2) is 14.6 Å². The van der Waals surface area contributed by atoms with Crippen molar-refractivity contribution in [1.29, 1.82) is 0 Å². The third kappa shape index (κ3) is 5.17. The van der Waals surface area contributed by atoms with Gasteiger partial charge in [0.1, 0.15) is 5.75 Å². The van der Waals surface area contributed by atoms with Gasteiger partial charge in [-0.2, -0.15) is 0 Å². The van der Waals surface area contributed by atoms with Crippen LogP contribution < -0.4 is 19.6 Å². The normalized spacial score (nSPS) is 15.4. The summed E-state index contributed by atoms with van der Waals surface area (Å²) < 4.78 is 17.4. The van der Waals surface area contributed by atoms with E-state index in [1.165, 1.54) is 23.0 Å². The molecule has 0 saturated heterocycles. The van der Waals surface area contributed by atoms with Gasteiger partial charge in [-0.05, 0) is 43.7 Å². The van der Waals surface area contributed by atoms with Gasteiger partial charge in [-0.1, -0.05) is 53.8 Å². The lowest BCUT2D eigenvalue weighted by Crippen LogP contribution is -2.39. The molecule has 0 radical (unpaired) electrons. The first-order chi connectivity index (χ1) is 17.9. The number of methoxy groups -OCH3 is 2. The van der Waals surface area contributed by atoms with E-state index in [0.29, 0.717) is 26.2 Å². The molecular weight excluding hydrogens is 492 g/mol. The average molecular weight is 519 g/mol. The van der Waals surface area contributed by atoms with Crippen molar-refractivity contribution in [2.24, 2.45) is 4.99 Å². The van der Waals surface area contributed by atoms with E-state index < -0.39 is 18.0 Å². The summed E-state index contributed by atoms with van der Waals surface area (Å²) in [5.74, 6) is -0.301. The van der Waals surface area contributed by atoms with Crippen molar-refractivity contribution in [3.8, 4) is 5.75 Å². The molecule has 190 valence electrons. The summed E-state index contributed by atoms with van der Waals surface area (Å²) in [5, 5.41) is 0. The first kappa shape index (κ1) is 25.8. The van der Waals surface area contributed by atoms with E-state index in [-0.39, 0.29) is 17.7 Å². The molecule has 4 rings (SSSR count). The molecule has 1 aromatic heterocycles. The Morgan fingerprint density at radius 2 is 1.81 bits per heavy atom. The Morgan fingerprint density at radius 3 is 2.49 bits per heavy atom. The molecule has 0 N–H and O–H groups in total. The number of aromatic nitrogens is 1. The van der Waals surface area contributed by atoms with Crippen LogP contribution in [0.2, 0.25) is 0 Å². The number of fused-ring (bicyclic) bond motifs is 1. The molecule has 0 saturated carbocycles. The second kappa shape index (κ2) is 11.2. The van der Waals surface area contributed by atoms with Crippen LogP contribution in [-0.4, -0.2) is 37.3 Å². The fraction of sp³-hybridized carbons (Fsp3) is 0.214. The lowest BCUT2D eigenvalue weighted by Gasteiger charge is -2.24. The van der Waals surface area contributed by atoms with Crippen molar-refractivity contribution >= 4 is 35.4 Å². The van der Waals surface area contributed by atoms with E-state index in [1.807, 2.05) is 30.3 Å². The number of esters is 2. The number of thiazole rings is 1. The quantitative estimate of drug-likeness (QED) is 0.446. The molecule has 37 heavy (non-hydrogen) atoms. The number of ether oxygens (including phenoxy) is 3. The van der Waals surface area contributed by atoms with Gasteiger partial charge in [0.15, 0.2) is 4.80 Å². The number of allylic oxidation sites excluding steroid dienone is 2. The molecular formula is C28H26N2O6S. The Bertz CT molecular complexity index is 1580. The van der Waals surface area contributed by atoms with Crippen LogP contribution in [0.4, 0.5) is 0 Å². The maximum atomic E-state index is 13.6. The molecule has 0 bridgehead atoms. The monoisotopic (exact) mass is 518 g/mol. The van der Waals surface area contributed by atoms with Gasteiger partial charge in [-0.3, -0.25) is 9.36 Å². The number of benzene rings is 2. The van der Waals surface area contributed by atoms with Crippen LogP contribution in [0.5, 0.6) is 5.75 Å². The standard InChI is InChI=1S/C28H26N2O6S/c1-5-36-27(33)23-17(2)29-28-30(24(23)19-13-15-20(16-14-19)26(32)35-4)25(31)22(37-28)12-8-10-18-9-6-7-11-21(18)34-3/h6-16,24H,5H2,1-4H3. The minimum atomic E-state index is -0.762. The fourth-order valence-electron chi connectivity index (χ4n) is 4.08. The SMILES string of the molecule is CCOC(=O)C1=C(C)N=c2sc(=CC=Cc3ccccc3OC)c(=O)n2C1c1ccc(C(=O)OC)cc1. The Kier molecular flexibility index (Phi) is 7.83. The summed E-state index contributed by atoms with van der Waals surface area (Å²) in [4.78, 5) is 43.5. The molecule has 2 heterocycles. The lowest BCUT2D eigenvalue weighted by molar-refractivity contribution is -0.139. The number of hydrogen-bond acceptors (Lipinski definition) is 8. The van der Waals surface area contributed by atoms with E-state index in [0.717, 1.165) is 11.3 Å². The molecule has 1 atom stereocenters. The van der Waals surface area contributed by atoms with Gasteiger partial charge in [0.2, 0.25) is 0 Å². The molecule has 3 aromatic rings. The smallest absolute Gasteiger partial charge is 0.338 e. The van der Waals surface area contributed by atoms with E-state index in [4.69, 9.17) is 14.2 Å². The van der Waals surface area contributed by atoms with Gasteiger partial charge in [0, 0.05) is 5.56 Å². The second-order valence-corrected chi connectivity index (χ2v) is 9.05. The van der Waals surface area contributed by atoms with Crippen molar-refractivity contribution in [2.75, 3.05) is 20.8 Å². The number of carbonyl (C=O) groups is 2. The molecule has 0 fully saturated rings. The zero-order valence-electron chi connectivity index (χ0n) is 20.9. The molecule has 9 heteroatoms. The highest BCUT2D eigenvalue weighted by atomic mass is 32.1. The maximum absolute atomic E-state index is 13.6. The van der Waals surface area contributed by atoms with Crippen molar-refractivity contribution in [2.45, 2.75) is 19.9 Å². The van der Waals surface area contributed by atoms with E-state index >= 15 is 0 Å². The predicted octanol–water partition coefficient (Wildman–Crippen LogP) is 3.26. The maximum Gasteiger partial charge on any atom is 0.338 e. The van der Waals surface area contributed by atoms with E-state index in [1.54, 1.807) is 57.4 Å². The summed E-state index contributed by atoms with van der Waals surface area (Å²) >= 11 is 1.23. The average Bonchev–Trinajstić information content (AvgIpc) is 3.22. The summed E-state index contributed by atoms with van der Waals surface area (Å²) in [5.41, 5.74) is 2.33. The van der Waals surface area contributed by atoms with Gasteiger partial charge in [0.25, 0.3) is 5.56 Å². The molecule has 0 aliphatic carbocycles. The minimum Gasteiger partial charge on any atom is -0.496 e. The molecule has 1 aliphatic rings. The fourth-order valence-corrected chi connectivity index (χ4v) is 5.08. The van der Waals surface area contributed by atoms with Gasteiger partial charge >= 0.3 is 11.9 Å². The van der Waals surface area contributed by atoms with Crippen LogP contribution in [0, 0.1) is 0 Å². The summed E-state index contributed by atoms with van der Waals surface area (Å²) in [6.45, 7) is 3.62. The van der Waals surface area contributed by atoms with Crippen LogP contribution in [0.1, 0.15) is 41.4 Å². The third-order valence-corrected chi connectivity index (χ3v) is 6.83. The molecule has 0 amide bonds. The topological polar surface area (TPSA) is 96.2 Å². The van der Waals surface area contributed by atoms with Crippen LogP contribution in [-0.2, 0) is 14.3 Å². The largest absolute Gasteiger partial charge is 0.496 e. The van der Waals surface area contributed by atoms with Gasteiger partial charge in [-0.15, -0.1) is 0 Å². The van der Waals surface area contributed by atoms with Crippen molar-refractivity contribution < 1.29 is 23.8 Å². The molecule has 2 aromatic carbocycles. The molecule has 1 aliphatic heterocycles. The number of nitrogens with zero attached hydrogens (tertiary/aromatic N) is 2. The Balaban J connectivity index is 1.84. The van der Waals surface area contributed by atoms with Crippen LogP contribution in [0.3, 0.4) is 0 Å². The Labute approximate surface area is 217 Å². The summed E-state index contributed by atoms with van der Waals surface area (Å²) in [7, 11) is 2.91. The predicted molar refractivity (Wildman–Crippen MR) is 141 cm³/mol. The molecule has 1 unspecified atom stereocenters. The highest BCUT2D eigenvalue weighted by molar-refractivity contribution is 7.07. The number of hydrogen-bond donors (Lipinski definition) is 0. The van der Waals surface area contributed by atoms with Crippen LogP contribution in [0.15, 0.2) is 75.7 Å². The first-order valence-corrected chi connectivity index (χ1v) is 12.4. The minimum absolute atomic E-state index is 0.182. The zero-order chi connectivity index (χ0) is 26.5. The number of rotatable bonds is 7. The van der Waals surface area contributed by atoms with E-state index in [2.05, 4.69) is 4.99 Å². The molecule has 0 spiro atoms. The summed E-state index contributed by atoms with van der Waals surface area (Å²) in [6.07, 6.45) is 5.36. The summed E-state index contributed by atoms with van der Waals surface area (Å²) in [6, 6.07) is 13.4. The zero-order valence-corrected chi connectivity index (χ0v) is 21.7. The highest BCUT2D eigenvalue weighted by Gasteiger charge is 2.33. The van der Waals surface area contributed by atoms with Crippen molar-refractivity contribution in [1.82, 2.24) is 4.57 Å². The number of carbonyl (C=O) groups excluding carboxylic acids is 2. The van der Waals surface area contributed by atoms with Gasteiger partial charge in [0.05, 0.1) is 48.2 Å².